The fraction of sp³-hybridized carbons (Fsp3) is 0.464. The highest BCUT2D eigenvalue weighted by atomic mass is 35.5. The maximum atomic E-state index is 9.04. The Morgan fingerprint density at radius 2 is 1.44 bits per heavy atom. The summed E-state index contributed by atoms with van der Waals surface area (Å²) in [6.07, 6.45) is 13.5. The molecule has 1 aromatic heterocycles. The number of hydrogen-bond acceptors (Lipinski definition) is 4. The lowest BCUT2D eigenvalue weighted by Crippen LogP contribution is -2.37. The van der Waals surface area contributed by atoms with E-state index in [0.717, 1.165) is 24.1 Å². The molecule has 0 amide bonds. The summed E-state index contributed by atoms with van der Waals surface area (Å²) in [4.78, 5) is 18.0. The Kier molecular flexibility index (Phi) is 12.8. The van der Waals surface area contributed by atoms with Crippen molar-refractivity contribution in [2.45, 2.75) is 84.2 Å². The van der Waals surface area contributed by atoms with E-state index in [1.807, 2.05) is 12.1 Å². The van der Waals surface area contributed by atoms with Gasteiger partial charge in [0.05, 0.1) is 13.1 Å². The number of unbranched alkanes of at least 4 members (excludes halogenated alkanes) is 9. The number of hydrogen-bond donors (Lipinski definition) is 2. The molecule has 0 bridgehead atoms. The molecule has 3 N–H and O–H groups in total. The van der Waals surface area contributed by atoms with Crippen LogP contribution >= 0.6 is 11.6 Å². The number of carboxylic acids is 2. The second kappa shape index (κ2) is 15.8. The van der Waals surface area contributed by atoms with Crippen LogP contribution in [0.15, 0.2) is 48.5 Å². The largest absolute Gasteiger partial charge is 0.539 e. The number of nitrogen functional groups attached to an aromatic ring is 1. The fourth-order valence-electron chi connectivity index (χ4n) is 4.24. The molecular formula is C28H38ClN3O4. The average molecular weight is 516 g/mol. The summed E-state index contributed by atoms with van der Waals surface area (Å²) in [5.41, 5.74) is 10.2. The first-order chi connectivity index (χ1) is 17.3. The molecule has 8 heteroatoms. The number of anilines is 1. The molecule has 2 aromatic carbocycles. The zero-order valence-electron chi connectivity index (χ0n) is 21.1. The summed E-state index contributed by atoms with van der Waals surface area (Å²) in [6.45, 7) is 4.02. The minimum Gasteiger partial charge on any atom is -0.539 e. The smallest absolute Gasteiger partial charge is 0.356 e. The van der Waals surface area contributed by atoms with Crippen LogP contribution in [-0.4, -0.2) is 21.6 Å². The van der Waals surface area contributed by atoms with Crippen molar-refractivity contribution < 1.29 is 24.4 Å². The van der Waals surface area contributed by atoms with E-state index in [9.17, 15) is 0 Å². The van der Waals surface area contributed by atoms with E-state index in [4.69, 9.17) is 37.1 Å². The number of carbonyl (C=O) groups excluding carboxylic acids is 1. The van der Waals surface area contributed by atoms with Crippen LogP contribution in [0.1, 0.15) is 76.7 Å². The number of benzene rings is 2. The van der Waals surface area contributed by atoms with E-state index in [-0.39, 0.29) is 0 Å². The predicted octanol–water partition coefficient (Wildman–Crippen LogP) is 4.95. The Bertz CT molecular complexity index is 1080. The van der Waals surface area contributed by atoms with Crippen molar-refractivity contribution in [3.63, 3.8) is 0 Å². The first kappa shape index (κ1) is 29.2. The van der Waals surface area contributed by atoms with Gasteiger partial charge in [-0.25, -0.2) is 13.9 Å². The van der Waals surface area contributed by atoms with Crippen LogP contribution in [0, 0.1) is 0 Å². The number of nitrogens with two attached hydrogens (primary N) is 1. The summed E-state index contributed by atoms with van der Waals surface area (Å²) in [5.74, 6) is -3.17. The molecule has 7 nitrogen and oxygen atoms in total. The van der Waals surface area contributed by atoms with Crippen LogP contribution in [0.2, 0.25) is 5.02 Å². The molecule has 3 aromatic rings. The van der Waals surface area contributed by atoms with Gasteiger partial charge in [0.25, 0.3) is 0 Å². The lowest BCUT2D eigenvalue weighted by atomic mass is 10.1. The van der Waals surface area contributed by atoms with E-state index in [1.165, 1.54) is 80.8 Å². The minimum atomic E-state index is -2.07. The van der Waals surface area contributed by atoms with Crippen LogP contribution in [0.5, 0.6) is 0 Å². The number of fused-ring (bicyclic) bond motifs is 1. The van der Waals surface area contributed by atoms with Gasteiger partial charge >= 0.3 is 11.9 Å². The number of carboxylic acid groups (broad SMARTS) is 2. The van der Waals surface area contributed by atoms with Gasteiger partial charge in [0.2, 0.25) is 0 Å². The molecule has 0 fully saturated rings. The van der Waals surface area contributed by atoms with E-state index in [2.05, 4.69) is 52.5 Å². The molecule has 0 aliphatic rings. The van der Waals surface area contributed by atoms with Gasteiger partial charge in [-0.2, -0.15) is 0 Å². The fourth-order valence-corrected chi connectivity index (χ4v) is 4.37. The minimum absolute atomic E-state index is 0.758. The average Bonchev–Trinajstić information content (AvgIpc) is 3.12. The normalized spacial score (nSPS) is 10.7. The zero-order chi connectivity index (χ0) is 26.3. The van der Waals surface area contributed by atoms with E-state index in [1.54, 1.807) is 0 Å². The van der Waals surface area contributed by atoms with E-state index in [0.29, 0.717) is 0 Å². The molecule has 0 spiro atoms. The van der Waals surface area contributed by atoms with Crippen molar-refractivity contribution in [2.75, 3.05) is 5.73 Å². The number of carbonyl (C=O) groups is 2. The zero-order valence-corrected chi connectivity index (χ0v) is 21.9. The SMILES string of the molecule is CCCCCCCCCCCCn1c(N)[n+](Cc2ccc(Cl)cc2)c2ccccc21.O=C([O-])C(=O)O. The summed E-state index contributed by atoms with van der Waals surface area (Å²) in [7, 11) is 0. The molecule has 0 saturated heterocycles. The van der Waals surface area contributed by atoms with Gasteiger partial charge in [-0.15, -0.1) is 0 Å². The first-order valence-corrected chi connectivity index (χ1v) is 13.2. The maximum absolute atomic E-state index is 9.04. The number of rotatable bonds is 13. The maximum Gasteiger partial charge on any atom is 0.356 e. The lowest BCUT2D eigenvalue weighted by molar-refractivity contribution is -0.648. The highest BCUT2D eigenvalue weighted by Gasteiger charge is 2.20. The van der Waals surface area contributed by atoms with Crippen LogP contribution in [0.3, 0.4) is 0 Å². The summed E-state index contributed by atoms with van der Waals surface area (Å²) in [6, 6.07) is 16.6. The van der Waals surface area contributed by atoms with Gasteiger partial charge in [0, 0.05) is 5.02 Å². The Morgan fingerprint density at radius 1 is 0.917 bits per heavy atom. The van der Waals surface area contributed by atoms with Crippen molar-refractivity contribution in [2.24, 2.45) is 0 Å². The third-order valence-electron chi connectivity index (χ3n) is 6.18. The highest BCUT2D eigenvalue weighted by molar-refractivity contribution is 6.30. The van der Waals surface area contributed by atoms with Crippen molar-refractivity contribution in [1.82, 2.24) is 4.57 Å². The second-order valence-corrected chi connectivity index (χ2v) is 9.42. The standard InChI is InChI=1S/C26H36ClN3.C2H2O4/c1-2-3-4-5-6-7-8-9-10-13-20-29-24-14-11-12-15-25(24)30(26(29)28)21-22-16-18-23(27)19-17-22;3-1(4)2(5)6/h11-12,14-19,28H,2-10,13,20-21H2,1H3;(H,3,4)(H,5,6). The van der Waals surface area contributed by atoms with Crippen LogP contribution in [0.25, 0.3) is 11.0 Å². The molecule has 36 heavy (non-hydrogen) atoms. The Balaban J connectivity index is 0.000000678. The van der Waals surface area contributed by atoms with E-state index < -0.39 is 11.9 Å². The molecule has 0 atom stereocenters. The number of aryl methyl sites for hydroxylation is 1. The summed E-state index contributed by atoms with van der Waals surface area (Å²) in [5, 5.41) is 17.1. The van der Waals surface area contributed by atoms with Crippen molar-refractivity contribution >= 4 is 40.5 Å². The van der Waals surface area contributed by atoms with Gasteiger partial charge in [-0.05, 0) is 36.2 Å². The number of nitrogens with zero attached hydrogens (tertiary/aromatic N) is 2. The van der Waals surface area contributed by atoms with Crippen molar-refractivity contribution in [3.05, 3.63) is 59.1 Å². The van der Waals surface area contributed by atoms with Gasteiger partial charge in [0.15, 0.2) is 5.97 Å². The molecule has 0 unspecified atom stereocenters. The third kappa shape index (κ3) is 9.53. The molecule has 196 valence electrons. The topological polar surface area (TPSA) is 112 Å². The molecule has 0 aliphatic carbocycles. The predicted molar refractivity (Wildman–Crippen MR) is 142 cm³/mol. The van der Waals surface area contributed by atoms with Crippen LogP contribution in [-0.2, 0) is 22.7 Å². The molecule has 3 rings (SSSR count). The molecule has 0 radical (unpaired) electrons. The van der Waals surface area contributed by atoms with E-state index >= 15 is 0 Å². The third-order valence-corrected chi connectivity index (χ3v) is 6.43. The van der Waals surface area contributed by atoms with Crippen LogP contribution < -0.4 is 15.4 Å². The van der Waals surface area contributed by atoms with Gasteiger partial charge in [-0.3, -0.25) is 5.73 Å². The quantitative estimate of drug-likeness (QED) is 0.190. The Labute approximate surface area is 218 Å². The van der Waals surface area contributed by atoms with Crippen molar-refractivity contribution in [3.8, 4) is 0 Å². The van der Waals surface area contributed by atoms with Gasteiger partial charge < -0.3 is 15.0 Å². The van der Waals surface area contributed by atoms with Gasteiger partial charge in [-0.1, -0.05) is 101 Å². The lowest BCUT2D eigenvalue weighted by Gasteiger charge is -2.04. The molecule has 0 aliphatic heterocycles. The Hall–Kier alpha value is -3.06. The number of para-hydroxylation sites is 2. The highest BCUT2D eigenvalue weighted by Crippen LogP contribution is 2.19. The molecule has 0 saturated carbocycles. The number of halogens is 1. The number of aliphatic carboxylic acids is 2. The summed E-state index contributed by atoms with van der Waals surface area (Å²) >= 11 is 6.04. The molecular weight excluding hydrogens is 478 g/mol. The number of aromatic nitrogens is 2. The Morgan fingerprint density at radius 3 is 2.00 bits per heavy atom. The monoisotopic (exact) mass is 515 g/mol. The van der Waals surface area contributed by atoms with Gasteiger partial charge in [0.1, 0.15) is 11.0 Å². The summed E-state index contributed by atoms with van der Waals surface area (Å²) < 4.78 is 4.50. The number of imidazole rings is 1. The first-order valence-electron chi connectivity index (χ1n) is 12.8. The molecule has 1 heterocycles. The van der Waals surface area contributed by atoms with Crippen molar-refractivity contribution in [1.29, 1.82) is 0 Å². The van der Waals surface area contributed by atoms with Crippen LogP contribution in [0.4, 0.5) is 5.95 Å². The second-order valence-electron chi connectivity index (χ2n) is 8.99.